The molecule has 1 saturated carbocycles. The molecule has 0 spiro atoms. The second-order valence-electron chi connectivity index (χ2n) is 4.29. The smallest absolute Gasteiger partial charge is 0.215 e. The molecule has 2 N–H and O–H groups in total. The van der Waals surface area contributed by atoms with Gasteiger partial charge in [0.1, 0.15) is 0 Å². The molecule has 0 radical (unpaired) electrons. The van der Waals surface area contributed by atoms with Crippen molar-refractivity contribution in [2.24, 2.45) is 11.8 Å². The summed E-state index contributed by atoms with van der Waals surface area (Å²) in [6, 6.07) is -0.265. The summed E-state index contributed by atoms with van der Waals surface area (Å²) < 4.78 is 25.6. The Balaban J connectivity index is 2.38. The van der Waals surface area contributed by atoms with Crippen LogP contribution in [0.4, 0.5) is 0 Å². The van der Waals surface area contributed by atoms with Gasteiger partial charge in [-0.25, -0.2) is 13.1 Å². The number of nitrogens with one attached hydrogen (secondary N) is 1. The summed E-state index contributed by atoms with van der Waals surface area (Å²) in [5, 5.41) is 9.44. The molecule has 1 saturated heterocycles. The molecule has 2 rings (SSSR count). The topological polar surface area (TPSA) is 66.4 Å². The molecule has 13 heavy (non-hydrogen) atoms. The van der Waals surface area contributed by atoms with Gasteiger partial charge in [0, 0.05) is 0 Å². The molecule has 0 aromatic carbocycles. The van der Waals surface area contributed by atoms with E-state index in [2.05, 4.69) is 4.72 Å². The number of aliphatic hydroxyl groups excluding tert-OH is 1. The van der Waals surface area contributed by atoms with Gasteiger partial charge in [-0.2, -0.15) is 0 Å². The van der Waals surface area contributed by atoms with Crippen molar-refractivity contribution in [2.75, 3.05) is 0 Å². The Bertz CT molecular complexity index is 313. The van der Waals surface area contributed by atoms with Crippen molar-refractivity contribution >= 4 is 10.0 Å². The average molecular weight is 205 g/mol. The molecule has 5 atom stereocenters. The first-order chi connectivity index (χ1) is 5.93. The van der Waals surface area contributed by atoms with Crippen LogP contribution in [0, 0.1) is 11.8 Å². The van der Waals surface area contributed by atoms with E-state index in [1.165, 1.54) is 0 Å². The number of aliphatic hydroxyl groups is 1. The lowest BCUT2D eigenvalue weighted by atomic mass is 9.78. The summed E-state index contributed by atoms with van der Waals surface area (Å²) in [5.74, 6) is 0.118. The minimum atomic E-state index is -3.15. The maximum Gasteiger partial charge on any atom is 0.215 e. The second kappa shape index (κ2) is 2.68. The summed E-state index contributed by atoms with van der Waals surface area (Å²) >= 11 is 0. The summed E-state index contributed by atoms with van der Waals surface area (Å²) in [6.07, 6.45) is 0.0530. The molecule has 1 heterocycles. The zero-order chi connectivity index (χ0) is 9.80. The van der Waals surface area contributed by atoms with Gasteiger partial charge in [0.25, 0.3) is 0 Å². The predicted octanol–water partition coefficient (Wildman–Crippen LogP) is -0.307. The minimum Gasteiger partial charge on any atom is -0.391 e. The Kier molecular flexibility index (Phi) is 1.94. The normalized spacial score (nSPS) is 53.6. The molecule has 1 aliphatic heterocycles. The lowest BCUT2D eigenvalue weighted by molar-refractivity contribution is 0.0417. The highest BCUT2D eigenvalue weighted by Gasteiger charge is 2.52. The van der Waals surface area contributed by atoms with Crippen LogP contribution in [0.3, 0.4) is 0 Å². The maximum atomic E-state index is 11.5. The zero-order valence-corrected chi connectivity index (χ0v) is 8.58. The van der Waals surface area contributed by atoms with Gasteiger partial charge in [-0.3, -0.25) is 0 Å². The lowest BCUT2D eigenvalue weighted by Gasteiger charge is -2.33. The maximum absolute atomic E-state index is 11.5. The Labute approximate surface area is 78.4 Å². The molecule has 2 bridgehead atoms. The molecule has 76 valence electrons. The number of hydrogen-bond donors (Lipinski definition) is 2. The highest BCUT2D eigenvalue weighted by atomic mass is 32.2. The molecule has 5 unspecified atom stereocenters. The Morgan fingerprint density at radius 1 is 1.38 bits per heavy atom. The SMILES string of the molecule is CC1CC2C(C)C(NS2(=O)=O)C1O. The Morgan fingerprint density at radius 3 is 2.62 bits per heavy atom. The number of rotatable bonds is 0. The third-order valence-corrected chi connectivity index (χ3v) is 5.43. The average Bonchev–Trinajstić information content (AvgIpc) is 2.19. The summed E-state index contributed by atoms with van der Waals surface area (Å²) in [4.78, 5) is 0. The van der Waals surface area contributed by atoms with Crippen LogP contribution < -0.4 is 4.72 Å². The van der Waals surface area contributed by atoms with Gasteiger partial charge in [0.15, 0.2) is 0 Å². The fraction of sp³-hybridized carbons (Fsp3) is 1.00. The quantitative estimate of drug-likeness (QED) is 0.570. The fourth-order valence-electron chi connectivity index (χ4n) is 2.48. The summed E-state index contributed by atoms with van der Waals surface area (Å²) in [5.41, 5.74) is 0. The van der Waals surface area contributed by atoms with Crippen molar-refractivity contribution in [2.45, 2.75) is 37.7 Å². The first kappa shape index (κ1) is 9.43. The molecule has 2 aliphatic rings. The molecule has 0 amide bonds. The van der Waals surface area contributed by atoms with Gasteiger partial charge in [-0.05, 0) is 18.3 Å². The molecular formula is C8H15NO3S. The van der Waals surface area contributed by atoms with Crippen molar-refractivity contribution < 1.29 is 13.5 Å². The molecule has 4 nitrogen and oxygen atoms in total. The fourth-order valence-corrected chi connectivity index (χ4v) is 4.68. The van der Waals surface area contributed by atoms with E-state index in [1.807, 2.05) is 13.8 Å². The Hall–Kier alpha value is -0.130. The first-order valence-electron chi connectivity index (χ1n) is 4.62. The van der Waals surface area contributed by atoms with Crippen LogP contribution >= 0.6 is 0 Å². The lowest BCUT2D eigenvalue weighted by Crippen LogP contribution is -2.46. The summed E-state index contributed by atoms with van der Waals surface area (Å²) in [6.45, 7) is 3.79. The van der Waals surface area contributed by atoms with E-state index < -0.39 is 16.1 Å². The summed E-state index contributed by atoms with van der Waals surface area (Å²) in [7, 11) is -3.15. The number of hydrogen-bond acceptors (Lipinski definition) is 3. The van der Waals surface area contributed by atoms with Crippen LogP contribution in [0.1, 0.15) is 20.3 Å². The van der Waals surface area contributed by atoms with Crippen LogP contribution in [-0.4, -0.2) is 30.9 Å². The van der Waals surface area contributed by atoms with Crippen LogP contribution in [0.15, 0.2) is 0 Å². The molecule has 0 aromatic heterocycles. The van der Waals surface area contributed by atoms with E-state index in [-0.39, 0.29) is 23.1 Å². The van der Waals surface area contributed by atoms with Gasteiger partial charge in [0.05, 0.1) is 17.4 Å². The van der Waals surface area contributed by atoms with Gasteiger partial charge >= 0.3 is 0 Å². The van der Waals surface area contributed by atoms with Gasteiger partial charge in [0.2, 0.25) is 10.0 Å². The molecule has 2 fully saturated rings. The molecule has 1 aliphatic carbocycles. The third-order valence-electron chi connectivity index (χ3n) is 3.41. The third kappa shape index (κ3) is 1.21. The van der Waals surface area contributed by atoms with E-state index in [0.29, 0.717) is 6.42 Å². The van der Waals surface area contributed by atoms with Crippen molar-refractivity contribution in [1.29, 1.82) is 0 Å². The van der Waals surface area contributed by atoms with Crippen molar-refractivity contribution in [3.63, 3.8) is 0 Å². The van der Waals surface area contributed by atoms with Crippen molar-refractivity contribution in [3.05, 3.63) is 0 Å². The second-order valence-corrected chi connectivity index (χ2v) is 6.22. The number of sulfonamides is 1. The van der Waals surface area contributed by atoms with E-state index >= 15 is 0 Å². The zero-order valence-electron chi connectivity index (χ0n) is 7.77. The van der Waals surface area contributed by atoms with Crippen LogP contribution in [0.2, 0.25) is 0 Å². The number of fused-ring (bicyclic) bond motifs is 2. The van der Waals surface area contributed by atoms with E-state index in [9.17, 15) is 13.5 Å². The standard InChI is InChI=1S/C8H15NO3S/c1-4-3-6-5(2)7(8(4)10)9-13(6,11)12/h4-10H,3H2,1-2H3. The van der Waals surface area contributed by atoms with E-state index in [0.717, 1.165) is 0 Å². The van der Waals surface area contributed by atoms with Crippen LogP contribution in [-0.2, 0) is 10.0 Å². The molecule has 0 aromatic rings. The predicted molar refractivity (Wildman–Crippen MR) is 48.6 cm³/mol. The molecule has 5 heteroatoms. The largest absolute Gasteiger partial charge is 0.391 e. The van der Waals surface area contributed by atoms with Gasteiger partial charge in [-0.1, -0.05) is 13.8 Å². The highest BCUT2D eigenvalue weighted by molar-refractivity contribution is 7.90. The monoisotopic (exact) mass is 205 g/mol. The van der Waals surface area contributed by atoms with Crippen LogP contribution in [0.25, 0.3) is 0 Å². The minimum absolute atomic E-state index is 0.0381. The molecular weight excluding hydrogens is 190 g/mol. The van der Waals surface area contributed by atoms with Gasteiger partial charge < -0.3 is 5.11 Å². The highest BCUT2D eigenvalue weighted by Crippen LogP contribution is 2.38. The Morgan fingerprint density at radius 2 is 2.00 bits per heavy atom. The van der Waals surface area contributed by atoms with E-state index in [4.69, 9.17) is 0 Å². The van der Waals surface area contributed by atoms with Gasteiger partial charge in [-0.15, -0.1) is 0 Å². The first-order valence-corrected chi connectivity index (χ1v) is 6.17. The van der Waals surface area contributed by atoms with E-state index in [1.54, 1.807) is 0 Å². The van der Waals surface area contributed by atoms with Crippen molar-refractivity contribution in [1.82, 2.24) is 4.72 Å². The van der Waals surface area contributed by atoms with Crippen LogP contribution in [0.5, 0.6) is 0 Å². The van der Waals surface area contributed by atoms with Crippen molar-refractivity contribution in [3.8, 4) is 0 Å².